The first-order valence-corrected chi connectivity index (χ1v) is 12.4. The van der Waals surface area contributed by atoms with Gasteiger partial charge in [-0.2, -0.15) is 0 Å². The Balaban J connectivity index is 1.41. The summed E-state index contributed by atoms with van der Waals surface area (Å²) in [6.45, 7) is 0.570. The first-order chi connectivity index (χ1) is 16.5. The van der Waals surface area contributed by atoms with Gasteiger partial charge in [-0.1, -0.05) is 69.9 Å². The largest absolute Gasteiger partial charge is 0.395 e. The minimum atomic E-state index is -0.765. The second-order valence-electron chi connectivity index (χ2n) is 8.72. The Labute approximate surface area is 200 Å². The monoisotopic (exact) mass is 477 g/mol. The quantitative estimate of drug-likeness (QED) is 0.0990. The Bertz CT molecular complexity index is 873. The highest BCUT2D eigenvalue weighted by atomic mass is 16.6. The van der Waals surface area contributed by atoms with Gasteiger partial charge in [-0.25, -0.2) is 4.63 Å². The van der Waals surface area contributed by atoms with Gasteiger partial charge in [0, 0.05) is 12.6 Å². The third-order valence-electron chi connectivity index (χ3n) is 5.94. The van der Waals surface area contributed by atoms with Crippen LogP contribution in [-0.4, -0.2) is 50.7 Å². The Morgan fingerprint density at radius 1 is 1.00 bits per heavy atom. The lowest BCUT2D eigenvalue weighted by Crippen LogP contribution is -2.36. The molecule has 2 aromatic rings. The summed E-state index contributed by atoms with van der Waals surface area (Å²) in [7, 11) is 0. The number of aliphatic hydroxyl groups is 2. The summed E-state index contributed by atoms with van der Waals surface area (Å²) in [5.41, 5.74) is 6.72. The van der Waals surface area contributed by atoms with Gasteiger partial charge in [0.2, 0.25) is 5.52 Å². The summed E-state index contributed by atoms with van der Waals surface area (Å²) in [4.78, 5) is 10.5. The van der Waals surface area contributed by atoms with E-state index in [1.165, 1.54) is 57.4 Å². The third-order valence-corrected chi connectivity index (χ3v) is 5.94. The summed E-state index contributed by atoms with van der Waals surface area (Å²) in [6, 6.07) is 2.48. The lowest BCUT2D eigenvalue weighted by molar-refractivity contribution is -0.383. The fourth-order valence-corrected chi connectivity index (χ4v) is 3.83. The highest BCUT2D eigenvalue weighted by molar-refractivity contribution is 5.93. The van der Waals surface area contributed by atoms with Crippen LogP contribution in [0.5, 0.6) is 0 Å². The molecule has 10 nitrogen and oxygen atoms in total. The lowest BCUT2D eigenvalue weighted by Gasteiger charge is -2.11. The van der Waals surface area contributed by atoms with Crippen molar-refractivity contribution < 1.29 is 19.8 Å². The molecule has 10 heteroatoms. The first kappa shape index (κ1) is 27.7. The highest BCUT2D eigenvalue weighted by Gasteiger charge is 2.19. The number of hydrogen-bond donors (Lipinski definition) is 4. The predicted molar refractivity (Wildman–Crippen MR) is 133 cm³/mol. The summed E-state index contributed by atoms with van der Waals surface area (Å²) in [6.07, 6.45) is 17.1. The van der Waals surface area contributed by atoms with E-state index < -0.39 is 17.1 Å². The van der Waals surface area contributed by atoms with Crippen LogP contribution in [0.2, 0.25) is 0 Å². The maximum Gasteiger partial charge on any atom is 0.300 e. The molecule has 0 radical (unpaired) electrons. The van der Waals surface area contributed by atoms with Crippen LogP contribution in [0.4, 0.5) is 11.4 Å². The number of fused-ring (bicyclic) bond motifs is 1. The van der Waals surface area contributed by atoms with Crippen molar-refractivity contribution in [1.29, 1.82) is 0 Å². The van der Waals surface area contributed by atoms with Crippen molar-refractivity contribution in [3.8, 4) is 0 Å². The molecule has 190 valence electrons. The molecule has 0 spiro atoms. The Hall–Kier alpha value is -2.56. The van der Waals surface area contributed by atoms with Crippen molar-refractivity contribution >= 4 is 22.4 Å². The van der Waals surface area contributed by atoms with Crippen molar-refractivity contribution in [2.24, 2.45) is 5.73 Å². The second kappa shape index (κ2) is 16.1. The van der Waals surface area contributed by atoms with Crippen LogP contribution >= 0.6 is 0 Å². The molecular formula is C24H39N5O5. The van der Waals surface area contributed by atoms with Crippen LogP contribution in [0.1, 0.15) is 77.0 Å². The van der Waals surface area contributed by atoms with E-state index in [9.17, 15) is 15.2 Å². The molecule has 1 heterocycles. The van der Waals surface area contributed by atoms with Gasteiger partial charge in [-0.15, -0.1) is 0 Å². The van der Waals surface area contributed by atoms with E-state index in [2.05, 4.69) is 20.3 Å². The molecule has 34 heavy (non-hydrogen) atoms. The van der Waals surface area contributed by atoms with Crippen LogP contribution in [0, 0.1) is 10.1 Å². The zero-order valence-corrected chi connectivity index (χ0v) is 19.9. The van der Waals surface area contributed by atoms with E-state index in [0.717, 1.165) is 32.2 Å². The number of unbranched alkanes of at least 4 members (excludes halogenated alkanes) is 11. The molecule has 0 bridgehead atoms. The number of rotatable bonds is 19. The third kappa shape index (κ3) is 9.74. The van der Waals surface area contributed by atoms with Crippen LogP contribution in [0.25, 0.3) is 11.0 Å². The average Bonchev–Trinajstić information content (AvgIpc) is 3.33. The number of nitrogens with one attached hydrogen (secondary N) is 1. The van der Waals surface area contributed by atoms with Gasteiger partial charge in [-0.05, 0) is 35.6 Å². The first-order valence-electron chi connectivity index (χ1n) is 12.4. The number of nitrogens with zero attached hydrogens (tertiary/aromatic N) is 3. The number of nitro benzene ring substituents is 1. The fourth-order valence-electron chi connectivity index (χ4n) is 3.83. The van der Waals surface area contributed by atoms with E-state index in [1.54, 1.807) is 12.1 Å². The van der Waals surface area contributed by atoms with Gasteiger partial charge in [0.1, 0.15) is 0 Å². The Morgan fingerprint density at radius 3 is 2.21 bits per heavy atom. The second-order valence-corrected chi connectivity index (χ2v) is 8.72. The number of nitro groups is 1. The standard InChI is InChI=1S/C24H39N5O5/c25-19(18-30)22(31)14-12-10-8-6-4-2-1-3-5-7-9-11-13-17-26-20-15-16-21(29(32)33)24-23(20)27-34-28-24/h12,14-16,19,22,26,30-31H,1-11,13,17-18,25H2/b14-12+/t19?,22-/m0/s1. The van der Waals surface area contributed by atoms with Gasteiger partial charge in [0.25, 0.3) is 0 Å². The number of allylic oxidation sites excluding steroid dienone is 1. The van der Waals surface area contributed by atoms with Crippen LogP contribution in [0.3, 0.4) is 0 Å². The maximum atomic E-state index is 11.0. The molecule has 0 fully saturated rings. The fraction of sp³-hybridized carbons (Fsp3) is 0.667. The molecule has 5 N–H and O–H groups in total. The average molecular weight is 478 g/mol. The summed E-state index contributed by atoms with van der Waals surface area (Å²) < 4.78 is 4.68. The zero-order chi connectivity index (χ0) is 24.6. The Kier molecular flexibility index (Phi) is 13.1. The van der Waals surface area contributed by atoms with Crippen LogP contribution in [-0.2, 0) is 0 Å². The van der Waals surface area contributed by atoms with E-state index in [0.29, 0.717) is 11.2 Å². The van der Waals surface area contributed by atoms with E-state index >= 15 is 0 Å². The topological polar surface area (TPSA) is 161 Å². The predicted octanol–water partition coefficient (Wildman–Crippen LogP) is 4.46. The molecule has 1 unspecified atom stereocenters. The minimum absolute atomic E-state index is 0.101. The zero-order valence-electron chi connectivity index (χ0n) is 19.9. The molecular weight excluding hydrogens is 438 g/mol. The molecule has 0 aliphatic rings. The molecule has 1 aromatic heterocycles. The molecule has 0 saturated heterocycles. The molecule has 0 aliphatic carbocycles. The van der Waals surface area contributed by atoms with Gasteiger partial charge in [-0.3, -0.25) is 10.1 Å². The number of nitrogens with two attached hydrogens (primary N) is 1. The molecule has 0 aliphatic heterocycles. The molecule has 2 rings (SSSR count). The van der Waals surface area contributed by atoms with Crippen LogP contribution in [0.15, 0.2) is 28.9 Å². The summed E-state index contributed by atoms with van der Waals surface area (Å²) >= 11 is 0. The van der Waals surface area contributed by atoms with Gasteiger partial charge in [0.05, 0.1) is 29.4 Å². The number of non-ortho nitro benzene ring substituents is 1. The van der Waals surface area contributed by atoms with Gasteiger partial charge in [0.15, 0.2) is 5.52 Å². The minimum Gasteiger partial charge on any atom is -0.395 e. The SMILES string of the molecule is NC(CO)[C@@H](O)/C=C/CCCCCCCCCCCCCNc1ccc([N+](=O)[O-])c2nonc12. The number of hydrogen-bond acceptors (Lipinski definition) is 9. The maximum absolute atomic E-state index is 11.0. The Morgan fingerprint density at radius 2 is 1.59 bits per heavy atom. The number of aromatic nitrogens is 2. The highest BCUT2D eigenvalue weighted by Crippen LogP contribution is 2.28. The van der Waals surface area contributed by atoms with E-state index in [-0.39, 0.29) is 17.8 Å². The van der Waals surface area contributed by atoms with Crippen molar-refractivity contribution in [3.63, 3.8) is 0 Å². The normalized spacial score (nSPS) is 13.5. The van der Waals surface area contributed by atoms with Crippen LogP contribution < -0.4 is 11.1 Å². The number of benzene rings is 1. The summed E-state index contributed by atoms with van der Waals surface area (Å²) in [5.74, 6) is 0. The lowest BCUT2D eigenvalue weighted by atomic mass is 10.0. The smallest absolute Gasteiger partial charge is 0.300 e. The van der Waals surface area contributed by atoms with E-state index in [4.69, 9.17) is 10.8 Å². The van der Waals surface area contributed by atoms with Crippen molar-refractivity contribution in [2.45, 2.75) is 89.2 Å². The van der Waals surface area contributed by atoms with Gasteiger partial charge >= 0.3 is 5.69 Å². The number of aliphatic hydroxyl groups excluding tert-OH is 2. The van der Waals surface area contributed by atoms with E-state index in [1.807, 2.05) is 6.08 Å². The summed E-state index contributed by atoms with van der Waals surface area (Å²) in [5, 5.41) is 40.2. The molecule has 2 atom stereocenters. The molecule has 0 saturated carbocycles. The van der Waals surface area contributed by atoms with Crippen molar-refractivity contribution in [1.82, 2.24) is 10.3 Å². The van der Waals surface area contributed by atoms with Crippen molar-refractivity contribution in [3.05, 3.63) is 34.4 Å². The molecule has 1 aromatic carbocycles. The van der Waals surface area contributed by atoms with Crippen molar-refractivity contribution in [2.75, 3.05) is 18.5 Å². The van der Waals surface area contributed by atoms with Gasteiger partial charge < -0.3 is 21.3 Å². The number of anilines is 1. The molecule has 0 amide bonds.